The van der Waals surface area contributed by atoms with Gasteiger partial charge in [0.1, 0.15) is 5.82 Å². The molecule has 0 fully saturated rings. The zero-order valence-corrected chi connectivity index (χ0v) is 13.0. The first-order valence-corrected chi connectivity index (χ1v) is 7.61. The van der Waals surface area contributed by atoms with E-state index >= 15 is 0 Å². The van der Waals surface area contributed by atoms with Gasteiger partial charge in [0.25, 0.3) is 0 Å². The minimum Gasteiger partial charge on any atom is -0.323 e. The molecular formula is C19H24FN. The quantitative estimate of drug-likeness (QED) is 0.825. The zero-order chi connectivity index (χ0) is 15.4. The SMILES string of the molecule is CCC(C)C(c1ccccc1)C(N)c1cc(C)ccc1F. The van der Waals surface area contributed by atoms with Crippen molar-refractivity contribution in [3.8, 4) is 0 Å². The normalized spacial score (nSPS) is 15.5. The van der Waals surface area contributed by atoms with E-state index < -0.39 is 0 Å². The van der Waals surface area contributed by atoms with Crippen molar-refractivity contribution in [3.05, 3.63) is 71.0 Å². The van der Waals surface area contributed by atoms with Gasteiger partial charge in [-0.3, -0.25) is 0 Å². The van der Waals surface area contributed by atoms with Crippen molar-refractivity contribution >= 4 is 0 Å². The maximum absolute atomic E-state index is 14.2. The highest BCUT2D eigenvalue weighted by Gasteiger charge is 2.27. The van der Waals surface area contributed by atoms with Crippen LogP contribution in [0.5, 0.6) is 0 Å². The Morgan fingerprint density at radius 3 is 2.38 bits per heavy atom. The second-order valence-corrected chi connectivity index (χ2v) is 5.87. The third-order valence-corrected chi connectivity index (χ3v) is 4.34. The minimum atomic E-state index is -0.331. The summed E-state index contributed by atoms with van der Waals surface area (Å²) in [6.07, 6.45) is 1.01. The first kappa shape index (κ1) is 15.7. The van der Waals surface area contributed by atoms with Gasteiger partial charge < -0.3 is 5.73 Å². The molecule has 112 valence electrons. The summed E-state index contributed by atoms with van der Waals surface area (Å²) >= 11 is 0. The Balaban J connectivity index is 2.43. The average Bonchev–Trinajstić information content (AvgIpc) is 2.50. The van der Waals surface area contributed by atoms with Crippen molar-refractivity contribution in [1.82, 2.24) is 0 Å². The lowest BCUT2D eigenvalue weighted by molar-refractivity contribution is 0.380. The molecule has 0 amide bonds. The van der Waals surface area contributed by atoms with Crippen LogP contribution in [0.3, 0.4) is 0 Å². The van der Waals surface area contributed by atoms with Crippen molar-refractivity contribution in [2.45, 2.75) is 39.2 Å². The molecule has 0 aliphatic heterocycles. The van der Waals surface area contributed by atoms with Crippen LogP contribution in [0, 0.1) is 18.7 Å². The van der Waals surface area contributed by atoms with Gasteiger partial charge in [0.15, 0.2) is 0 Å². The Morgan fingerprint density at radius 2 is 1.76 bits per heavy atom. The van der Waals surface area contributed by atoms with Crippen molar-refractivity contribution in [2.24, 2.45) is 11.7 Å². The van der Waals surface area contributed by atoms with E-state index in [9.17, 15) is 4.39 Å². The monoisotopic (exact) mass is 285 g/mol. The summed E-state index contributed by atoms with van der Waals surface area (Å²) in [5.41, 5.74) is 9.31. The fraction of sp³-hybridized carbons (Fsp3) is 0.368. The molecule has 2 aromatic carbocycles. The minimum absolute atomic E-state index is 0.118. The van der Waals surface area contributed by atoms with Crippen LogP contribution in [0.2, 0.25) is 0 Å². The second kappa shape index (κ2) is 6.86. The molecule has 2 N–H and O–H groups in total. The Kier molecular flexibility index (Phi) is 5.13. The number of benzene rings is 2. The molecule has 0 aliphatic carbocycles. The predicted molar refractivity (Wildman–Crippen MR) is 86.7 cm³/mol. The summed E-state index contributed by atoms with van der Waals surface area (Å²) in [4.78, 5) is 0. The molecule has 0 spiro atoms. The van der Waals surface area contributed by atoms with Gasteiger partial charge in [-0.2, -0.15) is 0 Å². The molecular weight excluding hydrogens is 261 g/mol. The summed E-state index contributed by atoms with van der Waals surface area (Å²) in [7, 11) is 0. The largest absolute Gasteiger partial charge is 0.323 e. The Labute approximate surface area is 127 Å². The van der Waals surface area contributed by atoms with Gasteiger partial charge in [0.05, 0.1) is 0 Å². The Bertz CT molecular complexity index is 579. The van der Waals surface area contributed by atoms with Crippen LogP contribution in [-0.2, 0) is 0 Å². The van der Waals surface area contributed by atoms with Gasteiger partial charge in [0, 0.05) is 17.5 Å². The van der Waals surface area contributed by atoms with Gasteiger partial charge in [-0.25, -0.2) is 4.39 Å². The first-order valence-electron chi connectivity index (χ1n) is 7.61. The number of hydrogen-bond donors (Lipinski definition) is 1. The van der Waals surface area contributed by atoms with Crippen LogP contribution < -0.4 is 5.73 Å². The lowest BCUT2D eigenvalue weighted by Gasteiger charge is -2.30. The smallest absolute Gasteiger partial charge is 0.128 e. The van der Waals surface area contributed by atoms with Crippen molar-refractivity contribution < 1.29 is 4.39 Å². The van der Waals surface area contributed by atoms with E-state index in [2.05, 4.69) is 26.0 Å². The maximum Gasteiger partial charge on any atom is 0.128 e. The number of aryl methyl sites for hydroxylation is 1. The third-order valence-electron chi connectivity index (χ3n) is 4.34. The molecule has 0 heterocycles. The van der Waals surface area contributed by atoms with E-state index in [0.29, 0.717) is 11.5 Å². The van der Waals surface area contributed by atoms with Crippen LogP contribution >= 0.6 is 0 Å². The van der Waals surface area contributed by atoms with E-state index in [4.69, 9.17) is 5.73 Å². The summed E-state index contributed by atoms with van der Waals surface area (Å²) in [5.74, 6) is 0.298. The summed E-state index contributed by atoms with van der Waals surface area (Å²) < 4.78 is 14.2. The molecule has 0 aromatic heterocycles. The molecule has 2 heteroatoms. The fourth-order valence-corrected chi connectivity index (χ4v) is 2.93. The van der Waals surface area contributed by atoms with E-state index in [-0.39, 0.29) is 17.8 Å². The highest BCUT2D eigenvalue weighted by molar-refractivity contribution is 5.32. The lowest BCUT2D eigenvalue weighted by Crippen LogP contribution is -2.26. The number of hydrogen-bond acceptors (Lipinski definition) is 1. The first-order chi connectivity index (χ1) is 10.0. The molecule has 21 heavy (non-hydrogen) atoms. The van der Waals surface area contributed by atoms with Gasteiger partial charge in [-0.1, -0.05) is 68.3 Å². The molecule has 2 rings (SSSR count). The highest BCUT2D eigenvalue weighted by Crippen LogP contribution is 2.37. The van der Waals surface area contributed by atoms with E-state index in [1.807, 2.05) is 31.2 Å². The van der Waals surface area contributed by atoms with Crippen LogP contribution in [-0.4, -0.2) is 0 Å². The van der Waals surface area contributed by atoms with Crippen LogP contribution in [0.1, 0.15) is 48.9 Å². The maximum atomic E-state index is 14.2. The standard InChI is InChI=1S/C19H24FN/c1-4-14(3)18(15-8-6-5-7-9-15)19(21)16-12-13(2)10-11-17(16)20/h5-12,14,18-19H,4,21H2,1-3H3. The lowest BCUT2D eigenvalue weighted by atomic mass is 9.78. The number of nitrogens with two attached hydrogens (primary N) is 1. The van der Waals surface area contributed by atoms with Gasteiger partial charge in [-0.15, -0.1) is 0 Å². The van der Waals surface area contributed by atoms with Crippen molar-refractivity contribution in [1.29, 1.82) is 0 Å². The topological polar surface area (TPSA) is 26.0 Å². The molecule has 3 unspecified atom stereocenters. The van der Waals surface area contributed by atoms with Gasteiger partial charge in [0.2, 0.25) is 0 Å². The fourth-order valence-electron chi connectivity index (χ4n) is 2.93. The summed E-state index contributed by atoms with van der Waals surface area (Å²) in [5, 5.41) is 0. The Morgan fingerprint density at radius 1 is 1.10 bits per heavy atom. The summed E-state index contributed by atoms with van der Waals surface area (Å²) in [6, 6.07) is 15.1. The van der Waals surface area contributed by atoms with E-state index in [0.717, 1.165) is 12.0 Å². The van der Waals surface area contributed by atoms with Gasteiger partial charge in [-0.05, 0) is 24.5 Å². The van der Waals surface area contributed by atoms with Crippen LogP contribution in [0.25, 0.3) is 0 Å². The molecule has 1 nitrogen and oxygen atoms in total. The van der Waals surface area contributed by atoms with E-state index in [1.165, 1.54) is 11.6 Å². The molecule has 0 radical (unpaired) electrons. The summed E-state index contributed by atoms with van der Waals surface area (Å²) in [6.45, 7) is 6.31. The zero-order valence-electron chi connectivity index (χ0n) is 13.0. The molecule has 0 bridgehead atoms. The van der Waals surface area contributed by atoms with Crippen molar-refractivity contribution in [3.63, 3.8) is 0 Å². The highest BCUT2D eigenvalue weighted by atomic mass is 19.1. The molecule has 0 aliphatic rings. The predicted octanol–water partition coefficient (Wildman–Crippen LogP) is 4.96. The van der Waals surface area contributed by atoms with Crippen LogP contribution in [0.4, 0.5) is 4.39 Å². The second-order valence-electron chi connectivity index (χ2n) is 5.87. The third kappa shape index (κ3) is 3.51. The van der Waals surface area contributed by atoms with Crippen molar-refractivity contribution in [2.75, 3.05) is 0 Å². The van der Waals surface area contributed by atoms with E-state index in [1.54, 1.807) is 6.07 Å². The molecule has 0 saturated carbocycles. The number of rotatable bonds is 5. The molecule has 2 aromatic rings. The van der Waals surface area contributed by atoms with Crippen LogP contribution in [0.15, 0.2) is 48.5 Å². The average molecular weight is 285 g/mol. The Hall–Kier alpha value is -1.67. The van der Waals surface area contributed by atoms with Gasteiger partial charge >= 0.3 is 0 Å². The number of halogens is 1. The molecule has 0 saturated heterocycles. The molecule has 3 atom stereocenters.